The number of carbonyl (C=O) groups excluding carboxylic acids is 1. The van der Waals surface area contributed by atoms with Gasteiger partial charge in [0.05, 0.1) is 23.8 Å². The maximum Gasteiger partial charge on any atom is 0.346 e. The van der Waals surface area contributed by atoms with Crippen LogP contribution in [-0.2, 0) is 13.6 Å². The quantitative estimate of drug-likeness (QED) is 0.558. The second kappa shape index (κ2) is 7.39. The van der Waals surface area contributed by atoms with E-state index in [0.29, 0.717) is 17.0 Å². The average molecular weight is 375 g/mol. The topological polar surface area (TPSA) is 108 Å². The molecule has 9 heteroatoms. The summed E-state index contributed by atoms with van der Waals surface area (Å²) in [6.45, 7) is 0.457. The smallest absolute Gasteiger partial charge is 0.346 e. The number of para-hydroxylation sites is 2. The van der Waals surface area contributed by atoms with E-state index in [1.807, 2.05) is 24.3 Å². The second-order valence-electron chi connectivity index (χ2n) is 6.10. The molecule has 0 aliphatic rings. The van der Waals surface area contributed by atoms with Crippen molar-refractivity contribution in [2.24, 2.45) is 7.05 Å². The van der Waals surface area contributed by atoms with Gasteiger partial charge in [0.15, 0.2) is 5.82 Å². The Balaban J connectivity index is 1.45. The second-order valence-corrected chi connectivity index (χ2v) is 6.10. The Labute approximate surface area is 159 Å². The van der Waals surface area contributed by atoms with E-state index < -0.39 is 0 Å². The number of carbonyl (C=O) groups is 1. The first kappa shape index (κ1) is 17.5. The number of hydrogen-bond acceptors (Lipinski definition) is 6. The molecule has 0 bridgehead atoms. The van der Waals surface area contributed by atoms with Crippen molar-refractivity contribution in [3.63, 3.8) is 0 Å². The van der Waals surface area contributed by atoms with Gasteiger partial charge in [0, 0.05) is 19.8 Å². The summed E-state index contributed by atoms with van der Waals surface area (Å²) in [5, 5.41) is 7.06. The highest BCUT2D eigenvalue weighted by Gasteiger charge is 2.14. The van der Waals surface area contributed by atoms with Gasteiger partial charge in [-0.25, -0.2) is 14.5 Å². The standard InChI is InChI=1S/C19H17N7O2/c1-25-17(15-8-4-5-9-20-15)24-26(19(25)28)11-10-21-18(27)16-12-22-13-6-2-3-7-14(13)23-16/h2-9,12H,10-11H2,1H3,(H,21,27). The van der Waals surface area contributed by atoms with Crippen molar-refractivity contribution in [1.29, 1.82) is 0 Å². The molecule has 4 aromatic rings. The summed E-state index contributed by atoms with van der Waals surface area (Å²) in [5.41, 5.74) is 1.93. The van der Waals surface area contributed by atoms with E-state index in [4.69, 9.17) is 0 Å². The van der Waals surface area contributed by atoms with Crippen molar-refractivity contribution >= 4 is 16.9 Å². The number of rotatable bonds is 5. The van der Waals surface area contributed by atoms with Crippen LogP contribution in [0.15, 0.2) is 59.7 Å². The highest BCUT2D eigenvalue weighted by Crippen LogP contribution is 2.10. The van der Waals surface area contributed by atoms with Crippen LogP contribution < -0.4 is 11.0 Å². The summed E-state index contributed by atoms with van der Waals surface area (Å²) in [4.78, 5) is 37.4. The third-order valence-electron chi connectivity index (χ3n) is 4.23. The van der Waals surface area contributed by atoms with Crippen LogP contribution in [0, 0.1) is 0 Å². The summed E-state index contributed by atoms with van der Waals surface area (Å²) in [6.07, 6.45) is 3.08. The predicted molar refractivity (Wildman–Crippen MR) is 103 cm³/mol. The molecule has 0 saturated heterocycles. The van der Waals surface area contributed by atoms with E-state index in [-0.39, 0.29) is 30.4 Å². The van der Waals surface area contributed by atoms with Crippen molar-refractivity contribution in [2.45, 2.75) is 6.54 Å². The number of amides is 1. The lowest BCUT2D eigenvalue weighted by Gasteiger charge is -2.05. The predicted octanol–water partition coefficient (Wildman–Crippen LogP) is 1.02. The molecule has 28 heavy (non-hydrogen) atoms. The molecule has 0 saturated carbocycles. The van der Waals surface area contributed by atoms with Crippen molar-refractivity contribution < 1.29 is 4.79 Å². The van der Waals surface area contributed by atoms with Gasteiger partial charge in [-0.2, -0.15) is 0 Å². The Bertz CT molecular complexity index is 1200. The van der Waals surface area contributed by atoms with Gasteiger partial charge in [0.1, 0.15) is 11.4 Å². The Hall–Kier alpha value is -3.88. The van der Waals surface area contributed by atoms with E-state index in [2.05, 4.69) is 25.4 Å². The van der Waals surface area contributed by atoms with Gasteiger partial charge >= 0.3 is 5.69 Å². The van der Waals surface area contributed by atoms with Gasteiger partial charge in [-0.15, -0.1) is 5.10 Å². The largest absolute Gasteiger partial charge is 0.349 e. The zero-order valence-electron chi connectivity index (χ0n) is 15.1. The number of benzene rings is 1. The SMILES string of the molecule is Cn1c(-c2ccccn2)nn(CCNC(=O)c2cnc3ccccc3n2)c1=O. The van der Waals surface area contributed by atoms with Crippen LogP contribution >= 0.6 is 0 Å². The van der Waals surface area contributed by atoms with Gasteiger partial charge in [-0.05, 0) is 24.3 Å². The van der Waals surface area contributed by atoms with E-state index in [9.17, 15) is 9.59 Å². The fraction of sp³-hybridized carbons (Fsp3) is 0.158. The molecule has 1 N–H and O–H groups in total. The molecule has 1 aromatic carbocycles. The fourth-order valence-corrected chi connectivity index (χ4v) is 2.78. The third kappa shape index (κ3) is 3.37. The number of fused-ring (bicyclic) bond motifs is 1. The highest BCUT2D eigenvalue weighted by atomic mass is 16.2. The van der Waals surface area contributed by atoms with Crippen LogP contribution in [0.4, 0.5) is 0 Å². The number of aromatic nitrogens is 6. The normalized spacial score (nSPS) is 10.9. The third-order valence-corrected chi connectivity index (χ3v) is 4.23. The van der Waals surface area contributed by atoms with Crippen LogP contribution in [0.2, 0.25) is 0 Å². The molecular formula is C19H17N7O2. The molecule has 0 fully saturated rings. The van der Waals surface area contributed by atoms with Crippen molar-refractivity contribution in [1.82, 2.24) is 34.6 Å². The first-order valence-corrected chi connectivity index (χ1v) is 8.69. The number of nitrogens with one attached hydrogen (secondary N) is 1. The minimum Gasteiger partial charge on any atom is -0.349 e. The maximum atomic E-state index is 12.4. The van der Waals surface area contributed by atoms with Gasteiger partial charge in [-0.1, -0.05) is 18.2 Å². The van der Waals surface area contributed by atoms with Gasteiger partial charge in [0.2, 0.25) is 0 Å². The molecule has 0 atom stereocenters. The lowest BCUT2D eigenvalue weighted by atomic mass is 10.3. The summed E-state index contributed by atoms with van der Waals surface area (Å²) in [6, 6.07) is 12.7. The van der Waals surface area contributed by atoms with Crippen LogP contribution in [0.5, 0.6) is 0 Å². The Kier molecular flexibility index (Phi) is 4.63. The Morgan fingerprint density at radius 3 is 2.64 bits per heavy atom. The van der Waals surface area contributed by atoms with Crippen LogP contribution in [0.3, 0.4) is 0 Å². The maximum absolute atomic E-state index is 12.4. The zero-order chi connectivity index (χ0) is 19.5. The molecule has 3 heterocycles. The molecule has 1 amide bonds. The van der Waals surface area contributed by atoms with Gasteiger partial charge < -0.3 is 5.32 Å². The summed E-state index contributed by atoms with van der Waals surface area (Å²) >= 11 is 0. The molecule has 9 nitrogen and oxygen atoms in total. The molecular weight excluding hydrogens is 358 g/mol. The summed E-state index contributed by atoms with van der Waals surface area (Å²) in [5.74, 6) is 0.115. The van der Waals surface area contributed by atoms with Gasteiger partial charge in [-0.3, -0.25) is 19.3 Å². The molecule has 0 unspecified atom stereocenters. The highest BCUT2D eigenvalue weighted by molar-refractivity contribution is 5.93. The molecule has 0 radical (unpaired) electrons. The lowest BCUT2D eigenvalue weighted by Crippen LogP contribution is -2.32. The monoisotopic (exact) mass is 375 g/mol. The van der Waals surface area contributed by atoms with Crippen LogP contribution in [0.25, 0.3) is 22.6 Å². The Morgan fingerprint density at radius 2 is 1.86 bits per heavy atom. The van der Waals surface area contributed by atoms with Crippen LogP contribution in [-0.4, -0.2) is 41.8 Å². The number of nitrogens with zero attached hydrogens (tertiary/aromatic N) is 6. The van der Waals surface area contributed by atoms with E-state index in [1.54, 1.807) is 31.4 Å². The molecule has 0 spiro atoms. The van der Waals surface area contributed by atoms with E-state index >= 15 is 0 Å². The molecule has 140 valence electrons. The lowest BCUT2D eigenvalue weighted by molar-refractivity contribution is 0.0947. The van der Waals surface area contributed by atoms with Crippen molar-refractivity contribution in [3.8, 4) is 11.5 Å². The number of pyridine rings is 1. The van der Waals surface area contributed by atoms with E-state index in [0.717, 1.165) is 5.52 Å². The molecule has 3 aromatic heterocycles. The molecule has 4 rings (SSSR count). The molecule has 0 aliphatic carbocycles. The first-order chi connectivity index (χ1) is 13.6. The average Bonchev–Trinajstić information content (AvgIpc) is 3.02. The minimum atomic E-state index is -0.354. The van der Waals surface area contributed by atoms with Crippen molar-refractivity contribution in [3.05, 3.63) is 71.0 Å². The first-order valence-electron chi connectivity index (χ1n) is 8.69. The van der Waals surface area contributed by atoms with Crippen LogP contribution in [0.1, 0.15) is 10.5 Å². The van der Waals surface area contributed by atoms with Gasteiger partial charge in [0.25, 0.3) is 5.91 Å². The Morgan fingerprint density at radius 1 is 1.07 bits per heavy atom. The fourth-order valence-electron chi connectivity index (χ4n) is 2.78. The van der Waals surface area contributed by atoms with Crippen molar-refractivity contribution in [2.75, 3.05) is 6.54 Å². The number of hydrogen-bond donors (Lipinski definition) is 1. The summed E-state index contributed by atoms with van der Waals surface area (Å²) in [7, 11) is 1.64. The molecule has 0 aliphatic heterocycles. The van der Waals surface area contributed by atoms with E-state index in [1.165, 1.54) is 15.4 Å². The zero-order valence-corrected chi connectivity index (χ0v) is 15.1. The summed E-state index contributed by atoms with van der Waals surface area (Å²) < 4.78 is 2.73. The minimum absolute atomic E-state index is 0.223.